The molecule has 0 aromatic heterocycles. The van der Waals surface area contributed by atoms with E-state index >= 15 is 0 Å². The summed E-state index contributed by atoms with van der Waals surface area (Å²) in [6, 6.07) is 9.18. The monoisotopic (exact) mass is 369 g/mol. The summed E-state index contributed by atoms with van der Waals surface area (Å²) in [6.07, 6.45) is 0. The number of nitrogens with two attached hydrogens (primary N) is 1. The molecule has 0 radical (unpaired) electrons. The number of rotatable bonds is 3. The highest BCUT2D eigenvalue weighted by atomic mass is 16.6. The third-order valence-corrected chi connectivity index (χ3v) is 3.79. The van der Waals surface area contributed by atoms with Crippen LogP contribution in [0.25, 0.3) is 0 Å². The molecule has 0 aliphatic rings. The fraction of sp³-hybridized carbons (Fsp3) is 0.286. The van der Waals surface area contributed by atoms with Crippen molar-refractivity contribution in [1.29, 1.82) is 0 Å². The minimum absolute atomic E-state index is 0.117. The number of hydrogen-bond donors (Lipinski definition) is 1. The molecule has 6 heteroatoms. The van der Waals surface area contributed by atoms with Crippen LogP contribution in [0.1, 0.15) is 63.0 Å². The zero-order valence-electron chi connectivity index (χ0n) is 16.1. The van der Waals surface area contributed by atoms with Crippen molar-refractivity contribution in [3.05, 3.63) is 64.2 Å². The smallest absolute Gasteiger partial charge is 0.346 e. The van der Waals surface area contributed by atoms with Gasteiger partial charge in [-0.05, 0) is 70.0 Å². The van der Waals surface area contributed by atoms with E-state index in [2.05, 4.69) is 0 Å². The van der Waals surface area contributed by atoms with Gasteiger partial charge in [0, 0.05) is 5.69 Å². The SMILES string of the molecule is Cc1ccc(C(=O)OC(=O)c2cc(C(=O)OC(C)(C)C)ccc2C)cc1N. The Hall–Kier alpha value is -3.15. The molecule has 0 atom stereocenters. The van der Waals surface area contributed by atoms with E-state index in [9.17, 15) is 14.4 Å². The number of hydrogen-bond acceptors (Lipinski definition) is 6. The Kier molecular flexibility index (Phi) is 5.69. The third kappa shape index (κ3) is 5.17. The van der Waals surface area contributed by atoms with Crippen molar-refractivity contribution in [3.8, 4) is 0 Å². The van der Waals surface area contributed by atoms with Gasteiger partial charge in [0.05, 0.1) is 16.7 Å². The average molecular weight is 369 g/mol. The van der Waals surface area contributed by atoms with Gasteiger partial charge in [0.25, 0.3) is 0 Å². The Morgan fingerprint density at radius 2 is 1.37 bits per heavy atom. The number of carbonyl (C=O) groups is 3. The van der Waals surface area contributed by atoms with Gasteiger partial charge in [-0.3, -0.25) is 0 Å². The van der Waals surface area contributed by atoms with Crippen LogP contribution in [0, 0.1) is 13.8 Å². The molecule has 0 unspecified atom stereocenters. The first-order chi connectivity index (χ1) is 12.5. The summed E-state index contributed by atoms with van der Waals surface area (Å²) in [6.45, 7) is 8.74. The Labute approximate surface area is 158 Å². The maximum absolute atomic E-state index is 12.4. The Morgan fingerprint density at radius 3 is 1.93 bits per heavy atom. The van der Waals surface area contributed by atoms with Crippen LogP contribution in [0.5, 0.6) is 0 Å². The van der Waals surface area contributed by atoms with E-state index in [0.717, 1.165) is 5.56 Å². The fourth-order valence-corrected chi connectivity index (χ4v) is 2.27. The highest BCUT2D eigenvalue weighted by Gasteiger charge is 2.22. The van der Waals surface area contributed by atoms with E-state index in [1.54, 1.807) is 52.8 Å². The predicted octanol–water partition coefficient (Wildman–Crippen LogP) is 3.84. The number of anilines is 1. The molecule has 2 rings (SSSR count). The first kappa shape index (κ1) is 20.2. The largest absolute Gasteiger partial charge is 0.456 e. The number of aryl methyl sites for hydroxylation is 2. The maximum Gasteiger partial charge on any atom is 0.346 e. The molecule has 0 bridgehead atoms. The fourth-order valence-electron chi connectivity index (χ4n) is 2.27. The lowest BCUT2D eigenvalue weighted by atomic mass is 10.0. The van der Waals surface area contributed by atoms with Crippen molar-refractivity contribution >= 4 is 23.6 Å². The molecular formula is C21H23NO5. The lowest BCUT2D eigenvalue weighted by Crippen LogP contribution is -2.24. The number of ether oxygens (including phenoxy) is 2. The molecular weight excluding hydrogens is 346 g/mol. The minimum Gasteiger partial charge on any atom is -0.456 e. The second-order valence-electron chi connectivity index (χ2n) is 7.28. The highest BCUT2D eigenvalue weighted by Crippen LogP contribution is 2.18. The van der Waals surface area contributed by atoms with Crippen LogP contribution in [-0.2, 0) is 9.47 Å². The second-order valence-corrected chi connectivity index (χ2v) is 7.28. The molecule has 0 saturated heterocycles. The van der Waals surface area contributed by atoms with Crippen LogP contribution in [0.2, 0.25) is 0 Å². The van der Waals surface area contributed by atoms with Crippen molar-refractivity contribution in [1.82, 2.24) is 0 Å². The molecule has 2 aromatic rings. The average Bonchev–Trinajstić information content (AvgIpc) is 2.55. The summed E-state index contributed by atoms with van der Waals surface area (Å²) in [5, 5.41) is 0. The number of carbonyl (C=O) groups excluding carboxylic acids is 3. The summed E-state index contributed by atoms with van der Waals surface area (Å²) in [7, 11) is 0. The number of nitrogen functional groups attached to an aromatic ring is 1. The number of esters is 3. The highest BCUT2D eigenvalue weighted by molar-refractivity contribution is 6.04. The van der Waals surface area contributed by atoms with E-state index in [1.807, 2.05) is 0 Å². The summed E-state index contributed by atoms with van der Waals surface area (Å²) in [5.74, 6) is -2.22. The van der Waals surface area contributed by atoms with Crippen LogP contribution in [0.4, 0.5) is 5.69 Å². The van der Waals surface area contributed by atoms with Gasteiger partial charge in [-0.15, -0.1) is 0 Å². The summed E-state index contributed by atoms with van der Waals surface area (Å²) < 4.78 is 10.2. The van der Waals surface area contributed by atoms with Gasteiger partial charge in [-0.1, -0.05) is 12.1 Å². The summed E-state index contributed by atoms with van der Waals surface area (Å²) in [5.41, 5.74) is 7.44. The van der Waals surface area contributed by atoms with E-state index in [1.165, 1.54) is 18.2 Å². The summed E-state index contributed by atoms with van der Waals surface area (Å²) in [4.78, 5) is 36.9. The van der Waals surface area contributed by atoms with Gasteiger partial charge in [0.15, 0.2) is 0 Å². The normalized spacial score (nSPS) is 11.0. The molecule has 0 heterocycles. The first-order valence-corrected chi connectivity index (χ1v) is 8.44. The standard InChI is InChI=1S/C21H23NO5/c1-12-6-8-14(19(24)27-21(3,4)5)10-16(12)20(25)26-18(23)15-9-7-13(2)17(22)11-15/h6-11H,22H2,1-5H3. The molecule has 6 nitrogen and oxygen atoms in total. The zero-order chi connectivity index (χ0) is 20.4. The molecule has 27 heavy (non-hydrogen) atoms. The van der Waals surface area contributed by atoms with Crippen molar-refractivity contribution < 1.29 is 23.9 Å². The van der Waals surface area contributed by atoms with Crippen LogP contribution in [0.3, 0.4) is 0 Å². The van der Waals surface area contributed by atoms with Gasteiger partial charge in [-0.25, -0.2) is 14.4 Å². The lowest BCUT2D eigenvalue weighted by Gasteiger charge is -2.19. The Morgan fingerprint density at radius 1 is 0.815 bits per heavy atom. The molecule has 0 aliphatic carbocycles. The van der Waals surface area contributed by atoms with E-state index < -0.39 is 23.5 Å². The van der Waals surface area contributed by atoms with Crippen LogP contribution in [0.15, 0.2) is 36.4 Å². The van der Waals surface area contributed by atoms with Gasteiger partial charge in [0.2, 0.25) is 0 Å². The molecule has 2 aromatic carbocycles. The molecule has 2 N–H and O–H groups in total. The van der Waals surface area contributed by atoms with Crippen LogP contribution in [-0.4, -0.2) is 23.5 Å². The first-order valence-electron chi connectivity index (χ1n) is 8.44. The molecule has 142 valence electrons. The van der Waals surface area contributed by atoms with E-state index in [0.29, 0.717) is 11.3 Å². The second kappa shape index (κ2) is 7.61. The third-order valence-electron chi connectivity index (χ3n) is 3.79. The van der Waals surface area contributed by atoms with Gasteiger partial charge < -0.3 is 15.2 Å². The zero-order valence-corrected chi connectivity index (χ0v) is 16.1. The molecule has 0 saturated carbocycles. The van der Waals surface area contributed by atoms with Gasteiger partial charge in [0.1, 0.15) is 5.60 Å². The van der Waals surface area contributed by atoms with E-state index in [4.69, 9.17) is 15.2 Å². The summed E-state index contributed by atoms with van der Waals surface area (Å²) >= 11 is 0. The van der Waals surface area contributed by atoms with Crippen molar-refractivity contribution in [3.63, 3.8) is 0 Å². The van der Waals surface area contributed by atoms with E-state index in [-0.39, 0.29) is 16.7 Å². The van der Waals surface area contributed by atoms with Crippen LogP contribution >= 0.6 is 0 Å². The maximum atomic E-state index is 12.4. The topological polar surface area (TPSA) is 95.7 Å². The molecule has 0 fully saturated rings. The number of benzene rings is 2. The van der Waals surface area contributed by atoms with Crippen molar-refractivity contribution in [2.45, 2.75) is 40.2 Å². The Balaban J connectivity index is 2.22. The quantitative estimate of drug-likeness (QED) is 0.502. The molecule has 0 aliphatic heterocycles. The molecule has 0 spiro atoms. The van der Waals surface area contributed by atoms with Gasteiger partial charge in [-0.2, -0.15) is 0 Å². The Bertz CT molecular complexity index is 909. The molecule has 0 amide bonds. The predicted molar refractivity (Wildman–Crippen MR) is 102 cm³/mol. The lowest BCUT2D eigenvalue weighted by molar-refractivity contribution is 0.00693. The minimum atomic E-state index is -0.845. The van der Waals surface area contributed by atoms with Crippen LogP contribution < -0.4 is 5.73 Å². The van der Waals surface area contributed by atoms with Crippen molar-refractivity contribution in [2.24, 2.45) is 0 Å². The van der Waals surface area contributed by atoms with Crippen molar-refractivity contribution in [2.75, 3.05) is 5.73 Å². The van der Waals surface area contributed by atoms with Gasteiger partial charge >= 0.3 is 17.9 Å².